The van der Waals surface area contributed by atoms with Gasteiger partial charge in [0.1, 0.15) is 5.52 Å². The molecule has 8 nitrogen and oxygen atoms in total. The number of nitrogens with one attached hydrogen (secondary N) is 1. The Hall–Kier alpha value is -1.81. The normalized spacial score (nSPS) is 17.8. The van der Waals surface area contributed by atoms with Gasteiger partial charge in [0.2, 0.25) is 11.0 Å². The number of hydrogen-bond acceptors (Lipinski definition) is 7. The van der Waals surface area contributed by atoms with E-state index in [1.807, 2.05) is 33.8 Å². The molecular weight excluding hydrogens is 414 g/mol. The van der Waals surface area contributed by atoms with Crippen molar-refractivity contribution in [2.24, 2.45) is 0 Å². The molecule has 1 saturated heterocycles. The first-order chi connectivity index (χ1) is 13.7. The van der Waals surface area contributed by atoms with E-state index in [1.54, 1.807) is 6.20 Å². The number of nitrogens with zero attached hydrogens (tertiary/aromatic N) is 4. The van der Waals surface area contributed by atoms with E-state index in [1.165, 1.54) is 0 Å². The number of fused-ring (bicyclic) bond motifs is 3. The lowest BCUT2D eigenvalue weighted by atomic mass is 10.1. The number of ether oxygens (including phenoxy) is 1. The Bertz CT molecular complexity index is 1080. The summed E-state index contributed by atoms with van der Waals surface area (Å²) < 4.78 is 26.7. The molecule has 0 radical (unpaired) electrons. The molecule has 1 aliphatic heterocycles. The van der Waals surface area contributed by atoms with Crippen LogP contribution in [-0.2, 0) is 15.7 Å². The summed E-state index contributed by atoms with van der Waals surface area (Å²) in [5.74, 6) is 0.655. The van der Waals surface area contributed by atoms with Gasteiger partial charge in [-0.3, -0.25) is 0 Å². The van der Waals surface area contributed by atoms with Gasteiger partial charge in [0, 0.05) is 25.3 Å². The number of anilines is 1. The van der Waals surface area contributed by atoms with E-state index >= 15 is 0 Å². The number of furan rings is 1. The summed E-state index contributed by atoms with van der Waals surface area (Å²) in [7, 11) is -1.20. The van der Waals surface area contributed by atoms with E-state index in [-0.39, 0.29) is 16.1 Å². The summed E-state index contributed by atoms with van der Waals surface area (Å²) in [5.41, 5.74) is 2.55. The highest BCUT2D eigenvalue weighted by Crippen LogP contribution is 2.34. The van der Waals surface area contributed by atoms with Crippen molar-refractivity contribution in [3.8, 4) is 0 Å². The molecule has 3 aromatic rings. The van der Waals surface area contributed by atoms with E-state index in [4.69, 9.17) is 20.8 Å². The van der Waals surface area contributed by atoms with Gasteiger partial charge >= 0.3 is 0 Å². The summed E-state index contributed by atoms with van der Waals surface area (Å²) in [5, 5.41) is 0.915. The monoisotopic (exact) mass is 437 g/mol. The summed E-state index contributed by atoms with van der Waals surface area (Å²) >= 11 is 6.23. The van der Waals surface area contributed by atoms with Gasteiger partial charge in [-0.05, 0) is 50.9 Å². The van der Waals surface area contributed by atoms with Crippen molar-refractivity contribution in [2.45, 2.75) is 38.5 Å². The van der Waals surface area contributed by atoms with Crippen LogP contribution in [0.5, 0.6) is 0 Å². The molecule has 4 heterocycles. The highest BCUT2D eigenvalue weighted by atomic mass is 35.5. The van der Waals surface area contributed by atoms with Gasteiger partial charge in [-0.2, -0.15) is 4.98 Å². The average Bonchev–Trinajstić information content (AvgIpc) is 3.05. The van der Waals surface area contributed by atoms with Crippen LogP contribution in [0.25, 0.3) is 22.2 Å². The molecule has 0 amide bonds. The molecular formula is C19H24ClN5O3S. The molecule has 29 heavy (non-hydrogen) atoms. The number of hydrogen-bond donors (Lipinski definition) is 1. The van der Waals surface area contributed by atoms with Crippen LogP contribution in [0.3, 0.4) is 0 Å². The van der Waals surface area contributed by atoms with Crippen molar-refractivity contribution in [1.29, 1.82) is 0 Å². The molecule has 0 aromatic carbocycles. The Kier molecular flexibility index (Phi) is 5.50. The van der Waals surface area contributed by atoms with Crippen LogP contribution in [0.2, 0.25) is 5.28 Å². The number of morpholine rings is 1. The fourth-order valence-electron chi connectivity index (χ4n) is 3.14. The highest BCUT2D eigenvalue weighted by molar-refractivity contribution is 7.84. The van der Waals surface area contributed by atoms with Crippen LogP contribution >= 0.6 is 11.6 Å². The molecule has 4 rings (SSSR count). The maximum absolute atomic E-state index is 12.4. The number of aromatic nitrogens is 3. The van der Waals surface area contributed by atoms with E-state index in [9.17, 15) is 4.21 Å². The van der Waals surface area contributed by atoms with Crippen LogP contribution in [0, 0.1) is 0 Å². The van der Waals surface area contributed by atoms with E-state index in [2.05, 4.69) is 24.6 Å². The zero-order chi connectivity index (χ0) is 20.8. The van der Waals surface area contributed by atoms with Crippen LogP contribution in [-0.4, -0.2) is 50.2 Å². The smallest absolute Gasteiger partial charge is 0.229 e. The first kappa shape index (κ1) is 20.5. The van der Waals surface area contributed by atoms with Crippen molar-refractivity contribution in [2.75, 3.05) is 31.2 Å². The number of rotatable bonds is 4. The van der Waals surface area contributed by atoms with Gasteiger partial charge in [0.05, 0.1) is 34.3 Å². The predicted molar refractivity (Wildman–Crippen MR) is 115 cm³/mol. The Morgan fingerprint density at radius 2 is 2.00 bits per heavy atom. The second kappa shape index (κ2) is 7.79. The Morgan fingerprint density at radius 3 is 2.69 bits per heavy atom. The Labute approximate surface area is 176 Å². The predicted octanol–water partition coefficient (Wildman–Crippen LogP) is 3.37. The van der Waals surface area contributed by atoms with Gasteiger partial charge in [-0.1, -0.05) is 0 Å². The molecule has 2 atom stereocenters. The molecule has 1 N–H and O–H groups in total. The summed E-state index contributed by atoms with van der Waals surface area (Å²) in [6.07, 6.45) is 1.73. The van der Waals surface area contributed by atoms with Crippen LogP contribution in [0.4, 0.5) is 5.82 Å². The van der Waals surface area contributed by atoms with Crippen molar-refractivity contribution >= 4 is 50.6 Å². The quantitative estimate of drug-likeness (QED) is 0.625. The third-order valence-corrected chi connectivity index (χ3v) is 6.65. The van der Waals surface area contributed by atoms with Gasteiger partial charge in [-0.15, -0.1) is 0 Å². The minimum absolute atomic E-state index is 0.159. The molecule has 0 spiro atoms. The standard InChI is InChI=1S/C19H24ClN5O3S/c1-11(24-29(26)19(2,3)4)12-9-13-14-15(28-17(13)21-10-12)16(23-18(20)22-14)25-5-7-27-8-6-25/h9-11,24H,5-8H2,1-4H3. The lowest BCUT2D eigenvalue weighted by Crippen LogP contribution is -2.36. The molecule has 3 aromatic heterocycles. The molecule has 156 valence electrons. The maximum Gasteiger partial charge on any atom is 0.229 e. The lowest BCUT2D eigenvalue weighted by Gasteiger charge is -2.27. The zero-order valence-electron chi connectivity index (χ0n) is 16.9. The van der Waals surface area contributed by atoms with Gasteiger partial charge in [0.15, 0.2) is 11.4 Å². The number of pyridine rings is 1. The average molecular weight is 438 g/mol. The highest BCUT2D eigenvalue weighted by Gasteiger charge is 2.24. The molecule has 0 aliphatic carbocycles. The molecule has 0 bridgehead atoms. The van der Waals surface area contributed by atoms with E-state index in [0.717, 1.165) is 10.9 Å². The third kappa shape index (κ3) is 4.09. The van der Waals surface area contributed by atoms with Gasteiger partial charge in [-0.25, -0.2) is 18.9 Å². The van der Waals surface area contributed by atoms with Crippen molar-refractivity contribution in [3.63, 3.8) is 0 Å². The maximum atomic E-state index is 12.4. The topological polar surface area (TPSA) is 93.4 Å². The summed E-state index contributed by atoms with van der Waals surface area (Å²) in [4.78, 5) is 15.3. The molecule has 1 fully saturated rings. The van der Waals surface area contributed by atoms with Crippen molar-refractivity contribution in [3.05, 3.63) is 23.1 Å². The fraction of sp³-hybridized carbons (Fsp3) is 0.526. The van der Waals surface area contributed by atoms with Crippen LogP contribution < -0.4 is 9.62 Å². The van der Waals surface area contributed by atoms with Crippen molar-refractivity contribution < 1.29 is 13.4 Å². The lowest BCUT2D eigenvalue weighted by molar-refractivity contribution is 0.122. The van der Waals surface area contributed by atoms with E-state index in [0.29, 0.717) is 48.9 Å². The second-order valence-electron chi connectivity index (χ2n) is 8.04. The van der Waals surface area contributed by atoms with Crippen LogP contribution in [0.1, 0.15) is 39.3 Å². The molecule has 0 saturated carbocycles. The Balaban J connectivity index is 1.76. The largest absolute Gasteiger partial charge is 0.432 e. The fourth-order valence-corrected chi connectivity index (χ4v) is 4.11. The minimum atomic E-state index is -1.20. The first-order valence-electron chi connectivity index (χ1n) is 9.50. The summed E-state index contributed by atoms with van der Waals surface area (Å²) in [6, 6.07) is 1.80. The Morgan fingerprint density at radius 1 is 1.28 bits per heavy atom. The molecule has 1 aliphatic rings. The molecule has 2 unspecified atom stereocenters. The van der Waals surface area contributed by atoms with Gasteiger partial charge < -0.3 is 14.1 Å². The number of halogens is 1. The zero-order valence-corrected chi connectivity index (χ0v) is 18.4. The molecule has 10 heteroatoms. The summed E-state index contributed by atoms with van der Waals surface area (Å²) in [6.45, 7) is 10.4. The third-order valence-electron chi connectivity index (χ3n) is 4.80. The van der Waals surface area contributed by atoms with Crippen molar-refractivity contribution in [1.82, 2.24) is 19.7 Å². The first-order valence-corrected chi connectivity index (χ1v) is 11.0. The van der Waals surface area contributed by atoms with E-state index < -0.39 is 11.0 Å². The van der Waals surface area contributed by atoms with Crippen LogP contribution in [0.15, 0.2) is 16.7 Å². The SMILES string of the molecule is CC(NS(=O)C(C)(C)C)c1cnc2oc3c(N4CCOCC4)nc(Cl)nc3c2c1. The van der Waals surface area contributed by atoms with Gasteiger partial charge in [0.25, 0.3) is 0 Å². The minimum Gasteiger partial charge on any atom is -0.432 e. The second-order valence-corrected chi connectivity index (χ2v) is 10.4.